The number of piperazine rings is 1. The van der Waals surface area contributed by atoms with Crippen molar-refractivity contribution in [1.29, 1.82) is 0 Å². The van der Waals surface area contributed by atoms with Gasteiger partial charge < -0.3 is 14.7 Å². The third-order valence-electron chi connectivity index (χ3n) is 4.76. The molecule has 1 unspecified atom stereocenters. The van der Waals surface area contributed by atoms with Crippen molar-refractivity contribution in [3.63, 3.8) is 0 Å². The molecule has 0 aromatic carbocycles. The van der Waals surface area contributed by atoms with Crippen LogP contribution in [0, 0.1) is 11.3 Å². The predicted molar refractivity (Wildman–Crippen MR) is 83.0 cm³/mol. The van der Waals surface area contributed by atoms with E-state index in [-0.39, 0.29) is 11.8 Å². The second-order valence-corrected chi connectivity index (χ2v) is 7.06. The molecule has 2 saturated heterocycles. The van der Waals surface area contributed by atoms with E-state index in [1.807, 2.05) is 4.90 Å². The van der Waals surface area contributed by atoms with Gasteiger partial charge in [-0.1, -0.05) is 6.92 Å². The Morgan fingerprint density at radius 3 is 2.14 bits per heavy atom. The van der Waals surface area contributed by atoms with Crippen molar-refractivity contribution in [1.82, 2.24) is 14.7 Å². The Morgan fingerprint density at radius 2 is 1.59 bits per heavy atom. The highest BCUT2D eigenvalue weighted by molar-refractivity contribution is 6.04. The summed E-state index contributed by atoms with van der Waals surface area (Å²) >= 11 is 0. The summed E-state index contributed by atoms with van der Waals surface area (Å²) in [5.74, 6) is 0.308. The number of likely N-dealkylation sites (tertiary alicyclic amines) is 1. The van der Waals surface area contributed by atoms with Crippen molar-refractivity contribution < 1.29 is 14.4 Å². The van der Waals surface area contributed by atoms with Crippen LogP contribution in [0.15, 0.2) is 0 Å². The number of carbonyl (C=O) groups excluding carboxylic acids is 3. The number of carbonyl (C=O) groups is 3. The first kappa shape index (κ1) is 16.8. The zero-order valence-corrected chi connectivity index (χ0v) is 13.9. The molecule has 124 valence electrons. The average molecular weight is 309 g/mol. The highest BCUT2D eigenvalue weighted by Gasteiger charge is 2.42. The molecule has 0 spiro atoms. The van der Waals surface area contributed by atoms with Crippen molar-refractivity contribution >= 4 is 18.2 Å². The van der Waals surface area contributed by atoms with E-state index in [1.54, 1.807) is 23.6 Å². The van der Waals surface area contributed by atoms with Crippen LogP contribution in [0.4, 0.5) is 0 Å². The van der Waals surface area contributed by atoms with E-state index in [4.69, 9.17) is 0 Å². The molecule has 2 heterocycles. The minimum absolute atomic E-state index is 0.0677. The van der Waals surface area contributed by atoms with Crippen molar-refractivity contribution in [2.75, 3.05) is 39.3 Å². The monoisotopic (exact) mass is 309 g/mol. The molecule has 0 saturated carbocycles. The summed E-state index contributed by atoms with van der Waals surface area (Å²) in [5, 5.41) is 0. The van der Waals surface area contributed by atoms with Gasteiger partial charge in [0.2, 0.25) is 18.2 Å². The Morgan fingerprint density at radius 1 is 1.00 bits per heavy atom. The maximum Gasteiger partial charge on any atom is 0.237 e. The summed E-state index contributed by atoms with van der Waals surface area (Å²) < 4.78 is 0. The van der Waals surface area contributed by atoms with Gasteiger partial charge in [0.15, 0.2) is 0 Å². The van der Waals surface area contributed by atoms with Gasteiger partial charge in [-0.25, -0.2) is 0 Å². The quantitative estimate of drug-likeness (QED) is 0.566. The van der Waals surface area contributed by atoms with Gasteiger partial charge in [-0.05, 0) is 32.6 Å². The van der Waals surface area contributed by atoms with Gasteiger partial charge in [0.25, 0.3) is 0 Å². The molecule has 0 aliphatic carbocycles. The Bertz CT molecular complexity index is 442. The zero-order chi connectivity index (χ0) is 16.3. The summed E-state index contributed by atoms with van der Waals surface area (Å²) in [5.41, 5.74) is -1.03. The van der Waals surface area contributed by atoms with Crippen LogP contribution in [0.1, 0.15) is 33.6 Å². The Hall–Kier alpha value is -1.59. The molecule has 22 heavy (non-hydrogen) atoms. The molecule has 0 N–H and O–H groups in total. The summed E-state index contributed by atoms with van der Waals surface area (Å²) in [6.07, 6.45) is 2.97. The predicted octanol–water partition coefficient (Wildman–Crippen LogP) is 0.572. The van der Waals surface area contributed by atoms with E-state index in [2.05, 4.69) is 6.92 Å². The normalized spacial score (nSPS) is 23.4. The van der Waals surface area contributed by atoms with Crippen LogP contribution in [0.3, 0.4) is 0 Å². The fourth-order valence-corrected chi connectivity index (χ4v) is 3.29. The number of rotatable bonds is 3. The minimum Gasteiger partial charge on any atom is -0.342 e. The third-order valence-corrected chi connectivity index (χ3v) is 4.76. The van der Waals surface area contributed by atoms with E-state index >= 15 is 0 Å². The largest absolute Gasteiger partial charge is 0.342 e. The molecule has 2 aliphatic rings. The summed E-state index contributed by atoms with van der Waals surface area (Å²) in [4.78, 5) is 41.5. The van der Waals surface area contributed by atoms with Gasteiger partial charge >= 0.3 is 0 Å². The summed E-state index contributed by atoms with van der Waals surface area (Å²) in [7, 11) is 0. The van der Waals surface area contributed by atoms with Crippen LogP contribution < -0.4 is 0 Å². The van der Waals surface area contributed by atoms with Crippen LogP contribution in [-0.4, -0.2) is 72.2 Å². The summed E-state index contributed by atoms with van der Waals surface area (Å²) in [6, 6.07) is 0. The van der Waals surface area contributed by atoms with Gasteiger partial charge in [-0.3, -0.25) is 14.4 Å². The SMILES string of the molecule is CC1CCCN(C(=O)C(C)(C)C(=O)N2CCN(C=O)CC2)C1. The molecule has 2 rings (SSSR count). The lowest BCUT2D eigenvalue weighted by Crippen LogP contribution is -2.56. The molecular formula is C16H27N3O3. The maximum atomic E-state index is 12.8. The molecule has 0 aromatic rings. The second kappa shape index (κ2) is 6.67. The highest BCUT2D eigenvalue weighted by Crippen LogP contribution is 2.26. The molecule has 1 atom stereocenters. The molecule has 3 amide bonds. The van der Waals surface area contributed by atoms with Gasteiger partial charge in [0, 0.05) is 39.3 Å². The maximum absolute atomic E-state index is 12.8. The van der Waals surface area contributed by atoms with Crippen molar-refractivity contribution in [3.8, 4) is 0 Å². The van der Waals surface area contributed by atoms with Crippen molar-refractivity contribution in [3.05, 3.63) is 0 Å². The first-order valence-electron chi connectivity index (χ1n) is 8.14. The van der Waals surface area contributed by atoms with E-state index in [0.717, 1.165) is 32.3 Å². The minimum atomic E-state index is -1.03. The molecule has 2 fully saturated rings. The number of nitrogens with zero attached hydrogens (tertiary/aromatic N) is 3. The van der Waals surface area contributed by atoms with Crippen LogP contribution in [0.2, 0.25) is 0 Å². The van der Waals surface area contributed by atoms with Crippen molar-refractivity contribution in [2.24, 2.45) is 11.3 Å². The van der Waals surface area contributed by atoms with Gasteiger partial charge in [-0.2, -0.15) is 0 Å². The molecule has 6 heteroatoms. The zero-order valence-electron chi connectivity index (χ0n) is 13.9. The fraction of sp³-hybridized carbons (Fsp3) is 0.812. The first-order chi connectivity index (χ1) is 10.4. The first-order valence-corrected chi connectivity index (χ1v) is 8.14. The van der Waals surface area contributed by atoms with E-state index in [0.29, 0.717) is 32.1 Å². The standard InChI is InChI=1S/C16H27N3O3/c1-13-5-4-6-19(11-13)15(22)16(2,3)14(21)18-9-7-17(12-20)8-10-18/h12-13H,4-11H2,1-3H3. The van der Waals surface area contributed by atoms with E-state index in [1.165, 1.54) is 0 Å². The topological polar surface area (TPSA) is 60.9 Å². The molecular weight excluding hydrogens is 282 g/mol. The van der Waals surface area contributed by atoms with Crippen LogP contribution in [0.5, 0.6) is 0 Å². The summed E-state index contributed by atoms with van der Waals surface area (Å²) in [6.45, 7) is 9.18. The van der Waals surface area contributed by atoms with Crippen LogP contribution >= 0.6 is 0 Å². The third kappa shape index (κ3) is 3.42. The number of amides is 3. The number of hydrogen-bond donors (Lipinski definition) is 0. The van der Waals surface area contributed by atoms with E-state index < -0.39 is 5.41 Å². The molecule has 6 nitrogen and oxygen atoms in total. The lowest BCUT2D eigenvalue weighted by Gasteiger charge is -2.40. The number of piperidine rings is 1. The molecule has 0 aromatic heterocycles. The lowest BCUT2D eigenvalue weighted by atomic mass is 9.87. The highest BCUT2D eigenvalue weighted by atomic mass is 16.2. The van der Waals surface area contributed by atoms with Gasteiger partial charge in [-0.15, -0.1) is 0 Å². The lowest BCUT2D eigenvalue weighted by molar-refractivity contribution is -0.156. The van der Waals surface area contributed by atoms with Crippen LogP contribution in [-0.2, 0) is 14.4 Å². The Labute approximate surface area is 132 Å². The van der Waals surface area contributed by atoms with Gasteiger partial charge in [0.05, 0.1) is 0 Å². The molecule has 0 bridgehead atoms. The fourth-order valence-electron chi connectivity index (χ4n) is 3.29. The van der Waals surface area contributed by atoms with E-state index in [9.17, 15) is 14.4 Å². The molecule has 2 aliphatic heterocycles. The Balaban J connectivity index is 2.00. The average Bonchev–Trinajstić information content (AvgIpc) is 2.53. The van der Waals surface area contributed by atoms with Crippen molar-refractivity contribution in [2.45, 2.75) is 33.6 Å². The number of hydrogen-bond acceptors (Lipinski definition) is 3. The second-order valence-electron chi connectivity index (χ2n) is 7.06. The smallest absolute Gasteiger partial charge is 0.237 e. The van der Waals surface area contributed by atoms with Crippen LogP contribution in [0.25, 0.3) is 0 Å². The molecule has 0 radical (unpaired) electrons. The Kier molecular flexibility index (Phi) is 5.08. The van der Waals surface area contributed by atoms with Gasteiger partial charge in [0.1, 0.15) is 5.41 Å².